The van der Waals surface area contributed by atoms with E-state index >= 15 is 0 Å². The van der Waals surface area contributed by atoms with Gasteiger partial charge in [-0.1, -0.05) is 41.9 Å². The Morgan fingerprint density at radius 3 is 2.39 bits per heavy atom. The summed E-state index contributed by atoms with van der Waals surface area (Å²) < 4.78 is 1.05. The molecule has 3 nitrogen and oxygen atoms in total. The molecule has 2 N–H and O–H groups in total. The smallest absolute Gasteiger partial charge is 0.237 e. The summed E-state index contributed by atoms with van der Waals surface area (Å²) in [4.78, 5) is 12.0. The van der Waals surface area contributed by atoms with Gasteiger partial charge in [0.1, 0.15) is 0 Å². The first-order valence-corrected chi connectivity index (χ1v) is 7.01. The number of carbonyl (C=O) groups is 1. The molecule has 18 heavy (non-hydrogen) atoms. The van der Waals surface area contributed by atoms with E-state index in [0.29, 0.717) is 12.5 Å². The Labute approximate surface area is 117 Å². The predicted octanol–water partition coefficient (Wildman–Crippen LogP) is 2.70. The first kappa shape index (κ1) is 15.2. The van der Waals surface area contributed by atoms with Gasteiger partial charge >= 0.3 is 0 Å². The molecule has 100 valence electrons. The van der Waals surface area contributed by atoms with Gasteiger partial charge in [-0.25, -0.2) is 0 Å². The van der Waals surface area contributed by atoms with Gasteiger partial charge in [-0.3, -0.25) is 4.79 Å². The highest BCUT2D eigenvalue weighted by Gasteiger charge is 2.16. The van der Waals surface area contributed by atoms with Crippen LogP contribution < -0.4 is 10.6 Å². The number of hydrogen-bond acceptors (Lipinski definition) is 2. The minimum absolute atomic E-state index is 0.0640. The normalized spacial score (nSPS) is 12.5. The highest BCUT2D eigenvalue weighted by molar-refractivity contribution is 9.10. The molecule has 0 fully saturated rings. The zero-order valence-electron chi connectivity index (χ0n) is 11.2. The Kier molecular flexibility index (Phi) is 6.36. The number of carbonyl (C=O) groups excluding carboxylic acids is 1. The SMILES string of the molecule is CN[C@@H](CC(C)C)C(=O)NCc1ccc(Br)cc1. The van der Waals surface area contributed by atoms with E-state index < -0.39 is 0 Å². The summed E-state index contributed by atoms with van der Waals surface area (Å²) in [6, 6.07) is 7.85. The standard InChI is InChI=1S/C14H21BrN2O/c1-10(2)8-13(16-3)14(18)17-9-11-4-6-12(15)7-5-11/h4-7,10,13,16H,8-9H2,1-3H3,(H,17,18)/t13-/m0/s1. The molecule has 0 aliphatic carbocycles. The number of halogens is 1. The van der Waals surface area contributed by atoms with Crippen LogP contribution >= 0.6 is 15.9 Å². The van der Waals surface area contributed by atoms with Gasteiger partial charge in [-0.2, -0.15) is 0 Å². The highest BCUT2D eigenvalue weighted by atomic mass is 79.9. The number of rotatable bonds is 6. The predicted molar refractivity (Wildman–Crippen MR) is 78.3 cm³/mol. The maximum Gasteiger partial charge on any atom is 0.237 e. The van der Waals surface area contributed by atoms with Crippen molar-refractivity contribution in [3.63, 3.8) is 0 Å². The van der Waals surface area contributed by atoms with Gasteiger partial charge in [0.2, 0.25) is 5.91 Å². The van der Waals surface area contributed by atoms with E-state index in [0.717, 1.165) is 16.5 Å². The molecule has 1 rings (SSSR count). The second-order valence-corrected chi connectivity index (χ2v) is 5.73. The summed E-state index contributed by atoms with van der Waals surface area (Å²) in [7, 11) is 1.83. The molecule has 0 spiro atoms. The first-order valence-electron chi connectivity index (χ1n) is 6.22. The van der Waals surface area contributed by atoms with Crippen LogP contribution in [-0.2, 0) is 11.3 Å². The van der Waals surface area contributed by atoms with E-state index in [1.165, 1.54) is 0 Å². The molecule has 0 aromatic heterocycles. The molecule has 0 saturated carbocycles. The Morgan fingerprint density at radius 1 is 1.28 bits per heavy atom. The van der Waals surface area contributed by atoms with Crippen LogP contribution in [0, 0.1) is 5.92 Å². The second kappa shape index (κ2) is 7.54. The largest absolute Gasteiger partial charge is 0.351 e. The molecule has 0 bridgehead atoms. The van der Waals surface area contributed by atoms with Crippen molar-refractivity contribution in [2.75, 3.05) is 7.05 Å². The van der Waals surface area contributed by atoms with E-state index in [1.54, 1.807) is 0 Å². The van der Waals surface area contributed by atoms with Crippen LogP contribution in [0.25, 0.3) is 0 Å². The van der Waals surface area contributed by atoms with Crippen molar-refractivity contribution < 1.29 is 4.79 Å². The summed E-state index contributed by atoms with van der Waals surface area (Å²) in [5.74, 6) is 0.565. The minimum Gasteiger partial charge on any atom is -0.351 e. The molecule has 1 amide bonds. The maximum absolute atomic E-state index is 12.0. The zero-order valence-corrected chi connectivity index (χ0v) is 12.8. The van der Waals surface area contributed by atoms with E-state index in [9.17, 15) is 4.79 Å². The van der Waals surface area contributed by atoms with Gasteiger partial charge in [0, 0.05) is 11.0 Å². The third kappa shape index (κ3) is 5.19. The lowest BCUT2D eigenvalue weighted by atomic mass is 10.0. The molecule has 1 aromatic rings. The Balaban J connectivity index is 2.46. The fourth-order valence-corrected chi connectivity index (χ4v) is 2.01. The maximum atomic E-state index is 12.0. The number of likely N-dealkylation sites (N-methyl/N-ethyl adjacent to an activating group) is 1. The van der Waals surface area contributed by atoms with Crippen LogP contribution in [0.4, 0.5) is 0 Å². The van der Waals surface area contributed by atoms with Crippen molar-refractivity contribution in [1.29, 1.82) is 0 Å². The lowest BCUT2D eigenvalue weighted by Gasteiger charge is -2.17. The van der Waals surface area contributed by atoms with Crippen LogP contribution in [-0.4, -0.2) is 19.0 Å². The number of nitrogens with one attached hydrogen (secondary N) is 2. The van der Waals surface area contributed by atoms with E-state index in [-0.39, 0.29) is 11.9 Å². The first-order chi connectivity index (χ1) is 8.52. The summed E-state index contributed by atoms with van der Waals surface area (Å²) in [5, 5.41) is 6.02. The lowest BCUT2D eigenvalue weighted by molar-refractivity contribution is -0.123. The molecule has 0 heterocycles. The van der Waals surface area contributed by atoms with Gasteiger partial charge in [-0.05, 0) is 37.1 Å². The van der Waals surface area contributed by atoms with Crippen LogP contribution in [0.2, 0.25) is 0 Å². The number of hydrogen-bond donors (Lipinski definition) is 2. The average molecular weight is 313 g/mol. The quantitative estimate of drug-likeness (QED) is 0.848. The third-order valence-electron chi connectivity index (χ3n) is 2.75. The second-order valence-electron chi connectivity index (χ2n) is 4.82. The Hall–Kier alpha value is -0.870. The van der Waals surface area contributed by atoms with Gasteiger partial charge in [-0.15, -0.1) is 0 Å². The summed E-state index contributed by atoms with van der Waals surface area (Å²) in [5.41, 5.74) is 1.10. The van der Waals surface area contributed by atoms with E-state index in [2.05, 4.69) is 40.4 Å². The molecular weight excluding hydrogens is 292 g/mol. The van der Waals surface area contributed by atoms with Crippen LogP contribution in [0.3, 0.4) is 0 Å². The zero-order chi connectivity index (χ0) is 13.5. The van der Waals surface area contributed by atoms with E-state index in [1.807, 2.05) is 31.3 Å². The van der Waals surface area contributed by atoms with Crippen LogP contribution in [0.15, 0.2) is 28.7 Å². The van der Waals surface area contributed by atoms with Gasteiger partial charge in [0.05, 0.1) is 6.04 Å². The molecule has 1 aromatic carbocycles. The summed E-state index contributed by atoms with van der Waals surface area (Å²) in [6.45, 7) is 4.81. The molecule has 0 unspecified atom stereocenters. The van der Waals surface area contributed by atoms with E-state index in [4.69, 9.17) is 0 Å². The Bertz CT molecular complexity index is 376. The molecular formula is C14H21BrN2O. The van der Waals surface area contributed by atoms with Crippen molar-refractivity contribution >= 4 is 21.8 Å². The van der Waals surface area contributed by atoms with Crippen molar-refractivity contribution in [1.82, 2.24) is 10.6 Å². The van der Waals surface area contributed by atoms with Gasteiger partial charge < -0.3 is 10.6 Å². The van der Waals surface area contributed by atoms with Crippen LogP contribution in [0.5, 0.6) is 0 Å². The third-order valence-corrected chi connectivity index (χ3v) is 3.28. The molecule has 0 radical (unpaired) electrons. The Morgan fingerprint density at radius 2 is 1.89 bits per heavy atom. The molecule has 0 aliphatic rings. The van der Waals surface area contributed by atoms with Crippen molar-refractivity contribution in [3.8, 4) is 0 Å². The fourth-order valence-electron chi connectivity index (χ4n) is 1.74. The molecule has 0 aliphatic heterocycles. The topological polar surface area (TPSA) is 41.1 Å². The van der Waals surface area contributed by atoms with Crippen molar-refractivity contribution in [2.45, 2.75) is 32.9 Å². The van der Waals surface area contributed by atoms with Gasteiger partial charge in [0.25, 0.3) is 0 Å². The molecule has 0 saturated heterocycles. The summed E-state index contributed by atoms with van der Waals surface area (Å²) in [6.07, 6.45) is 0.850. The lowest BCUT2D eigenvalue weighted by Crippen LogP contribution is -2.43. The van der Waals surface area contributed by atoms with Crippen LogP contribution in [0.1, 0.15) is 25.8 Å². The summed E-state index contributed by atoms with van der Waals surface area (Å²) >= 11 is 3.39. The van der Waals surface area contributed by atoms with Crippen molar-refractivity contribution in [3.05, 3.63) is 34.3 Å². The highest BCUT2D eigenvalue weighted by Crippen LogP contribution is 2.10. The van der Waals surface area contributed by atoms with Gasteiger partial charge in [0.15, 0.2) is 0 Å². The minimum atomic E-state index is -0.111. The fraction of sp³-hybridized carbons (Fsp3) is 0.500. The molecule has 4 heteroatoms. The van der Waals surface area contributed by atoms with Crippen molar-refractivity contribution in [2.24, 2.45) is 5.92 Å². The number of benzene rings is 1. The molecule has 1 atom stereocenters. The monoisotopic (exact) mass is 312 g/mol. The average Bonchev–Trinajstić information content (AvgIpc) is 2.34. The number of amides is 1.